The molecule has 2 nitrogen and oxygen atoms in total. The van der Waals surface area contributed by atoms with E-state index in [9.17, 15) is 0 Å². The average Bonchev–Trinajstić information content (AvgIpc) is 2.64. The van der Waals surface area contributed by atoms with Crippen molar-refractivity contribution in [2.24, 2.45) is 5.41 Å². The van der Waals surface area contributed by atoms with Gasteiger partial charge in [-0.3, -0.25) is 4.90 Å². The van der Waals surface area contributed by atoms with Crippen LogP contribution in [0.25, 0.3) is 10.9 Å². The van der Waals surface area contributed by atoms with E-state index in [0.29, 0.717) is 6.04 Å². The average molecular weight is 242 g/mol. The predicted molar refractivity (Wildman–Crippen MR) is 76.8 cm³/mol. The number of para-hydroxylation sites is 1. The van der Waals surface area contributed by atoms with Gasteiger partial charge in [-0.1, -0.05) is 39.0 Å². The molecule has 0 saturated heterocycles. The monoisotopic (exact) mass is 242 g/mol. The number of nitrogens with zero attached hydrogens (tertiary/aromatic N) is 1. The number of H-pyrrole nitrogens is 1. The minimum atomic E-state index is 0.255. The lowest BCUT2D eigenvalue weighted by Crippen LogP contribution is -2.39. The minimum Gasteiger partial charge on any atom is -0.357 e. The molecule has 0 radical (unpaired) electrons. The fourth-order valence-electron chi connectivity index (χ4n) is 3.46. The first-order chi connectivity index (χ1) is 8.48. The van der Waals surface area contributed by atoms with Crippen LogP contribution in [0.4, 0.5) is 0 Å². The van der Waals surface area contributed by atoms with E-state index in [4.69, 9.17) is 0 Å². The van der Waals surface area contributed by atoms with Crippen LogP contribution in [0.15, 0.2) is 24.3 Å². The molecule has 0 unspecified atom stereocenters. The van der Waals surface area contributed by atoms with Crippen molar-refractivity contribution in [3.63, 3.8) is 0 Å². The summed E-state index contributed by atoms with van der Waals surface area (Å²) in [5.74, 6) is 0. The molecule has 96 valence electrons. The van der Waals surface area contributed by atoms with E-state index >= 15 is 0 Å². The topological polar surface area (TPSA) is 19.0 Å². The lowest BCUT2D eigenvalue weighted by atomic mass is 9.80. The Hall–Kier alpha value is -1.28. The Morgan fingerprint density at radius 3 is 2.67 bits per heavy atom. The number of aromatic amines is 1. The molecule has 0 amide bonds. The van der Waals surface area contributed by atoms with Gasteiger partial charge in [0.25, 0.3) is 0 Å². The number of benzene rings is 1. The van der Waals surface area contributed by atoms with Crippen molar-refractivity contribution in [1.29, 1.82) is 0 Å². The molecular weight excluding hydrogens is 220 g/mol. The first-order valence-corrected chi connectivity index (χ1v) is 6.78. The number of hydrogen-bond acceptors (Lipinski definition) is 1. The van der Waals surface area contributed by atoms with Crippen LogP contribution >= 0.6 is 0 Å². The number of nitrogens with one attached hydrogen (secondary N) is 1. The van der Waals surface area contributed by atoms with E-state index in [1.165, 1.54) is 22.2 Å². The molecule has 0 bridgehead atoms. The first kappa shape index (κ1) is 11.8. The van der Waals surface area contributed by atoms with Crippen molar-refractivity contribution < 1.29 is 0 Å². The predicted octanol–water partition coefficient (Wildman–Crippen LogP) is 3.74. The van der Waals surface area contributed by atoms with E-state index in [2.05, 4.69) is 62.0 Å². The van der Waals surface area contributed by atoms with Crippen molar-refractivity contribution in [1.82, 2.24) is 9.88 Å². The van der Waals surface area contributed by atoms with E-state index in [-0.39, 0.29) is 5.41 Å². The molecule has 0 saturated carbocycles. The minimum absolute atomic E-state index is 0.255. The smallest absolute Gasteiger partial charge is 0.0547 e. The summed E-state index contributed by atoms with van der Waals surface area (Å²) >= 11 is 0. The Morgan fingerprint density at radius 2 is 1.94 bits per heavy atom. The largest absolute Gasteiger partial charge is 0.357 e. The van der Waals surface area contributed by atoms with Crippen molar-refractivity contribution >= 4 is 10.9 Å². The summed E-state index contributed by atoms with van der Waals surface area (Å²) in [6.07, 6.45) is 1.16. The maximum Gasteiger partial charge on any atom is 0.0547 e. The van der Waals surface area contributed by atoms with Crippen LogP contribution < -0.4 is 0 Å². The van der Waals surface area contributed by atoms with Crippen LogP contribution in [0.5, 0.6) is 0 Å². The summed E-state index contributed by atoms with van der Waals surface area (Å²) in [6, 6.07) is 9.16. The Bertz CT molecular complexity index is 574. The van der Waals surface area contributed by atoms with Crippen LogP contribution in [0.3, 0.4) is 0 Å². The van der Waals surface area contributed by atoms with E-state index in [0.717, 1.165) is 13.0 Å². The zero-order valence-electron chi connectivity index (χ0n) is 11.7. The highest BCUT2D eigenvalue weighted by atomic mass is 15.2. The van der Waals surface area contributed by atoms with Gasteiger partial charge in [-0.05, 0) is 30.5 Å². The second kappa shape index (κ2) is 3.86. The van der Waals surface area contributed by atoms with Gasteiger partial charge < -0.3 is 4.98 Å². The van der Waals surface area contributed by atoms with E-state index in [1.54, 1.807) is 0 Å². The number of likely N-dealkylation sites (N-methyl/N-ethyl adjacent to an activating group) is 1. The molecule has 3 rings (SSSR count). The highest BCUT2D eigenvalue weighted by Crippen LogP contribution is 2.43. The molecule has 1 aromatic heterocycles. The molecule has 1 atom stereocenters. The molecule has 1 N–H and O–H groups in total. The third-order valence-corrected chi connectivity index (χ3v) is 4.10. The summed E-state index contributed by atoms with van der Waals surface area (Å²) in [5.41, 5.74) is 4.50. The standard InChI is InChI=1S/C16H22N2/c1-16(2,3)15-14-12(9-10-18(15)4)11-7-5-6-8-13(11)17-14/h5-8,15,17H,9-10H2,1-4H3/t15-/m0/s1. The second-order valence-electron chi connectivity index (χ2n) is 6.56. The van der Waals surface area contributed by atoms with Gasteiger partial charge in [0, 0.05) is 23.1 Å². The molecule has 2 heteroatoms. The van der Waals surface area contributed by atoms with Crippen molar-refractivity contribution in [3.05, 3.63) is 35.5 Å². The Labute approximate surface area is 109 Å². The van der Waals surface area contributed by atoms with Gasteiger partial charge in [0.2, 0.25) is 0 Å². The van der Waals surface area contributed by atoms with E-state index in [1.807, 2.05) is 0 Å². The van der Waals surface area contributed by atoms with Crippen LogP contribution in [0.1, 0.15) is 38.1 Å². The quantitative estimate of drug-likeness (QED) is 0.745. The lowest BCUT2D eigenvalue weighted by molar-refractivity contribution is 0.113. The van der Waals surface area contributed by atoms with Crippen molar-refractivity contribution in [2.75, 3.05) is 13.6 Å². The molecule has 2 heterocycles. The Kier molecular flexibility index (Phi) is 2.53. The summed E-state index contributed by atoms with van der Waals surface area (Å²) in [7, 11) is 2.24. The second-order valence-corrected chi connectivity index (χ2v) is 6.56. The number of fused-ring (bicyclic) bond motifs is 3. The van der Waals surface area contributed by atoms with E-state index < -0.39 is 0 Å². The molecule has 18 heavy (non-hydrogen) atoms. The normalized spacial score (nSPS) is 21.2. The zero-order valence-corrected chi connectivity index (χ0v) is 11.7. The maximum atomic E-state index is 3.66. The van der Waals surface area contributed by atoms with Gasteiger partial charge in [-0.2, -0.15) is 0 Å². The van der Waals surface area contributed by atoms with Gasteiger partial charge in [0.1, 0.15) is 0 Å². The maximum absolute atomic E-state index is 3.66. The molecule has 2 aromatic rings. The summed E-state index contributed by atoms with van der Waals surface area (Å²) in [6.45, 7) is 8.13. The van der Waals surface area contributed by atoms with Gasteiger partial charge in [0.15, 0.2) is 0 Å². The fourth-order valence-corrected chi connectivity index (χ4v) is 3.46. The molecule has 1 aliphatic rings. The third-order valence-electron chi connectivity index (χ3n) is 4.10. The molecule has 0 spiro atoms. The van der Waals surface area contributed by atoms with Gasteiger partial charge in [0.05, 0.1) is 6.04 Å². The molecule has 0 aliphatic carbocycles. The zero-order chi connectivity index (χ0) is 12.9. The highest BCUT2D eigenvalue weighted by molar-refractivity contribution is 5.85. The molecule has 0 fully saturated rings. The Balaban J connectivity index is 2.23. The SMILES string of the molecule is CN1CCc2c([nH]c3ccccc23)[C@H]1C(C)(C)C. The van der Waals surface area contributed by atoms with Crippen LogP contribution in [-0.4, -0.2) is 23.5 Å². The fraction of sp³-hybridized carbons (Fsp3) is 0.500. The van der Waals surface area contributed by atoms with Crippen LogP contribution in [0.2, 0.25) is 0 Å². The number of aromatic nitrogens is 1. The van der Waals surface area contributed by atoms with Gasteiger partial charge in [-0.15, -0.1) is 0 Å². The van der Waals surface area contributed by atoms with Gasteiger partial charge >= 0.3 is 0 Å². The van der Waals surface area contributed by atoms with Crippen molar-refractivity contribution in [3.8, 4) is 0 Å². The summed E-state index contributed by atoms with van der Waals surface area (Å²) < 4.78 is 0. The summed E-state index contributed by atoms with van der Waals surface area (Å²) in [4.78, 5) is 6.15. The third kappa shape index (κ3) is 1.67. The van der Waals surface area contributed by atoms with Crippen LogP contribution in [0, 0.1) is 5.41 Å². The number of rotatable bonds is 0. The summed E-state index contributed by atoms with van der Waals surface area (Å²) in [5, 5.41) is 1.41. The molecular formula is C16H22N2. The van der Waals surface area contributed by atoms with Crippen molar-refractivity contribution in [2.45, 2.75) is 33.2 Å². The number of hydrogen-bond donors (Lipinski definition) is 1. The highest BCUT2D eigenvalue weighted by Gasteiger charge is 2.36. The van der Waals surface area contributed by atoms with Gasteiger partial charge in [-0.25, -0.2) is 0 Å². The Morgan fingerprint density at radius 1 is 1.22 bits per heavy atom. The molecule has 1 aromatic carbocycles. The lowest BCUT2D eigenvalue weighted by Gasteiger charge is -2.41. The van der Waals surface area contributed by atoms with Crippen LogP contribution in [-0.2, 0) is 6.42 Å². The molecule has 1 aliphatic heterocycles. The first-order valence-electron chi connectivity index (χ1n) is 6.78.